The average molecular weight is 622 g/mol. The number of hydrogen-bond donors (Lipinski definition) is 1. The predicted molar refractivity (Wildman–Crippen MR) is 168 cm³/mol. The van der Waals surface area contributed by atoms with Gasteiger partial charge in [0.15, 0.2) is 0 Å². The molecular weight excluding hydrogens is 586 g/mol. The summed E-state index contributed by atoms with van der Waals surface area (Å²) in [6.45, 7) is 4.01. The van der Waals surface area contributed by atoms with Crippen LogP contribution >= 0.6 is 11.6 Å². The van der Waals surface area contributed by atoms with Crippen molar-refractivity contribution < 1.29 is 22.4 Å². The van der Waals surface area contributed by atoms with Crippen molar-refractivity contribution in [2.45, 2.75) is 82.6 Å². The van der Waals surface area contributed by atoms with Crippen LogP contribution in [0, 0.1) is 6.92 Å². The summed E-state index contributed by atoms with van der Waals surface area (Å²) >= 11 is 6.06. The Kier molecular flexibility index (Phi) is 9.69. The number of carbonyl (C=O) groups excluding carboxylic acids is 1. The summed E-state index contributed by atoms with van der Waals surface area (Å²) in [6, 6.07) is 15.6. The molecule has 0 aliphatic heterocycles. The molecule has 9 heteroatoms. The zero-order valence-electron chi connectivity index (χ0n) is 24.5. The maximum absolute atomic E-state index is 13.8. The van der Waals surface area contributed by atoms with Crippen molar-refractivity contribution in [3.63, 3.8) is 0 Å². The third-order valence-corrected chi connectivity index (χ3v) is 9.67. The average Bonchev–Trinajstić information content (AvgIpc) is 3.48. The second-order valence-corrected chi connectivity index (χ2v) is 13.4. The lowest BCUT2D eigenvalue weighted by Gasteiger charge is -2.20. The number of hydrogen-bond acceptors (Lipinski definition) is 6. The maximum Gasteiger partial charge on any atom is 0.339 e. The predicted octanol–water partition coefficient (Wildman–Crippen LogP) is 6.86. The zero-order valence-corrected chi connectivity index (χ0v) is 26.0. The van der Waals surface area contributed by atoms with E-state index in [1.807, 2.05) is 13.0 Å². The minimum atomic E-state index is -4.06. The van der Waals surface area contributed by atoms with E-state index in [0.29, 0.717) is 29.0 Å². The summed E-state index contributed by atoms with van der Waals surface area (Å²) in [6.07, 6.45) is 7.22. The zero-order chi connectivity index (χ0) is 30.6. The second kappa shape index (κ2) is 13.5. The molecule has 1 heterocycles. The topological polar surface area (TPSA) is 103 Å². The van der Waals surface area contributed by atoms with Gasteiger partial charge < -0.3 is 9.15 Å². The van der Waals surface area contributed by atoms with E-state index in [-0.39, 0.29) is 22.7 Å². The van der Waals surface area contributed by atoms with Crippen LogP contribution in [-0.2, 0) is 40.5 Å². The van der Waals surface area contributed by atoms with Gasteiger partial charge in [-0.15, -0.1) is 0 Å². The number of nitrogens with one attached hydrogen (secondary N) is 1. The highest BCUT2D eigenvalue weighted by molar-refractivity contribution is 7.89. The van der Waals surface area contributed by atoms with E-state index < -0.39 is 22.0 Å². The molecule has 0 radical (unpaired) electrons. The molecule has 4 aromatic rings. The number of unbranched alkanes of at least 4 members (excludes halogenated alkanes) is 3. The van der Waals surface area contributed by atoms with Crippen LogP contribution in [0.1, 0.15) is 66.8 Å². The van der Waals surface area contributed by atoms with E-state index in [1.54, 1.807) is 42.5 Å². The molecule has 1 aliphatic rings. The van der Waals surface area contributed by atoms with Crippen molar-refractivity contribution in [2.24, 2.45) is 0 Å². The van der Waals surface area contributed by atoms with Crippen molar-refractivity contribution >= 4 is 38.6 Å². The Labute approximate surface area is 257 Å². The second-order valence-electron chi connectivity index (χ2n) is 11.2. The van der Waals surface area contributed by atoms with Crippen LogP contribution in [0.2, 0.25) is 5.02 Å². The van der Waals surface area contributed by atoms with E-state index in [4.69, 9.17) is 20.8 Å². The highest BCUT2D eigenvalue weighted by Crippen LogP contribution is 2.33. The molecule has 0 amide bonds. The lowest BCUT2D eigenvalue weighted by molar-refractivity contribution is -0.136. The molecule has 226 valence electrons. The van der Waals surface area contributed by atoms with E-state index in [1.165, 1.54) is 12.1 Å². The normalized spacial score (nSPS) is 13.7. The minimum absolute atomic E-state index is 0.0447. The third kappa shape index (κ3) is 7.37. The van der Waals surface area contributed by atoms with Gasteiger partial charge in [0.05, 0.1) is 4.90 Å². The SMILES string of the molecule is CCCCCCc1cc2c3c(c(=O)oc2cc1OC(=O)[C@H](Cc1ccc(Cl)cc1)NS(=O)(=O)c1ccc(C)cc1)CCC3. The van der Waals surface area contributed by atoms with Gasteiger partial charge in [0.2, 0.25) is 10.0 Å². The molecule has 0 saturated carbocycles. The fraction of sp³-hybridized carbons (Fsp3) is 0.353. The first-order valence-corrected chi connectivity index (χ1v) is 16.7. The number of benzene rings is 3. The van der Waals surface area contributed by atoms with Gasteiger partial charge >= 0.3 is 11.6 Å². The van der Waals surface area contributed by atoms with Crippen LogP contribution in [0.5, 0.6) is 5.75 Å². The number of halogens is 1. The van der Waals surface area contributed by atoms with Gasteiger partial charge in [-0.25, -0.2) is 18.0 Å². The number of sulfonamides is 1. The first-order chi connectivity index (χ1) is 20.6. The smallest absolute Gasteiger partial charge is 0.339 e. The molecule has 1 aromatic heterocycles. The minimum Gasteiger partial charge on any atom is -0.425 e. The van der Waals surface area contributed by atoms with Crippen molar-refractivity contribution in [1.82, 2.24) is 4.72 Å². The maximum atomic E-state index is 13.8. The summed E-state index contributed by atoms with van der Waals surface area (Å²) in [5.74, 6) is -0.492. The van der Waals surface area contributed by atoms with E-state index >= 15 is 0 Å². The summed E-state index contributed by atoms with van der Waals surface area (Å²) in [7, 11) is -4.06. The Morgan fingerprint density at radius 2 is 1.72 bits per heavy atom. The van der Waals surface area contributed by atoms with Crippen LogP contribution in [0.15, 0.2) is 74.8 Å². The number of ether oxygens (including phenoxy) is 1. The van der Waals surface area contributed by atoms with Gasteiger partial charge in [-0.2, -0.15) is 4.72 Å². The van der Waals surface area contributed by atoms with Crippen LogP contribution in [-0.4, -0.2) is 20.4 Å². The largest absolute Gasteiger partial charge is 0.425 e. The molecule has 1 atom stereocenters. The Bertz CT molecular complexity index is 1780. The van der Waals surface area contributed by atoms with Crippen molar-refractivity contribution in [2.75, 3.05) is 0 Å². The number of aryl methyl sites for hydroxylation is 3. The number of rotatable bonds is 12. The molecule has 43 heavy (non-hydrogen) atoms. The lowest BCUT2D eigenvalue weighted by atomic mass is 9.99. The van der Waals surface area contributed by atoms with Gasteiger partial charge in [0.1, 0.15) is 17.4 Å². The van der Waals surface area contributed by atoms with Crippen LogP contribution in [0.3, 0.4) is 0 Å². The van der Waals surface area contributed by atoms with Crippen LogP contribution in [0.25, 0.3) is 11.0 Å². The van der Waals surface area contributed by atoms with Gasteiger partial charge in [-0.1, -0.05) is 67.6 Å². The lowest BCUT2D eigenvalue weighted by Crippen LogP contribution is -2.44. The Balaban J connectivity index is 1.50. The number of esters is 1. The molecule has 1 N–H and O–H groups in total. The molecule has 7 nitrogen and oxygen atoms in total. The summed E-state index contributed by atoms with van der Waals surface area (Å²) in [5.41, 5.74) is 4.17. The monoisotopic (exact) mass is 621 g/mol. The molecule has 5 rings (SSSR count). The molecule has 0 unspecified atom stereocenters. The van der Waals surface area contributed by atoms with Crippen molar-refractivity contribution in [3.05, 3.63) is 104 Å². The summed E-state index contributed by atoms with van der Waals surface area (Å²) < 4.78 is 40.9. The molecular formula is C34H36ClNO6S. The van der Waals surface area contributed by atoms with Gasteiger partial charge in [0.25, 0.3) is 0 Å². The van der Waals surface area contributed by atoms with Crippen LogP contribution in [0.4, 0.5) is 0 Å². The first kappa shape index (κ1) is 31.0. The van der Waals surface area contributed by atoms with Crippen molar-refractivity contribution in [1.29, 1.82) is 0 Å². The van der Waals surface area contributed by atoms with Gasteiger partial charge in [0, 0.05) is 22.0 Å². The summed E-state index contributed by atoms with van der Waals surface area (Å²) in [4.78, 5) is 26.5. The standard InChI is InChI=1S/C34H36ClNO6S/c1-3-4-5-6-8-24-20-29-27-9-7-10-28(27)33(37)42-32(29)21-31(24)41-34(38)30(19-23-13-15-25(35)16-14-23)36-43(39,40)26-17-11-22(2)12-18-26/h11-18,20-21,30,36H,3-10,19H2,1-2H3/t30-/m0/s1. The van der Waals surface area contributed by atoms with Gasteiger partial charge in [-0.05, 0) is 92.5 Å². The molecule has 0 fully saturated rings. The van der Waals surface area contributed by atoms with Gasteiger partial charge in [-0.3, -0.25) is 0 Å². The molecule has 0 spiro atoms. The number of fused-ring (bicyclic) bond motifs is 3. The van der Waals surface area contributed by atoms with E-state index in [2.05, 4.69) is 11.6 Å². The van der Waals surface area contributed by atoms with Crippen LogP contribution < -0.4 is 15.1 Å². The third-order valence-electron chi connectivity index (χ3n) is 7.93. The number of carbonyl (C=O) groups is 1. The Morgan fingerprint density at radius 1 is 1.00 bits per heavy atom. The molecule has 1 aliphatic carbocycles. The molecule has 0 saturated heterocycles. The quantitative estimate of drug-likeness (QED) is 0.0802. The molecule has 0 bridgehead atoms. The van der Waals surface area contributed by atoms with E-state index in [9.17, 15) is 18.0 Å². The molecule has 3 aromatic carbocycles. The highest BCUT2D eigenvalue weighted by Gasteiger charge is 2.29. The fourth-order valence-corrected chi connectivity index (χ4v) is 6.88. The first-order valence-electron chi connectivity index (χ1n) is 14.8. The Hall–Kier alpha value is -3.46. The Morgan fingerprint density at radius 3 is 2.44 bits per heavy atom. The van der Waals surface area contributed by atoms with E-state index in [0.717, 1.165) is 66.2 Å². The highest BCUT2D eigenvalue weighted by atomic mass is 35.5. The fourth-order valence-electron chi connectivity index (χ4n) is 5.57. The summed E-state index contributed by atoms with van der Waals surface area (Å²) in [5, 5.41) is 1.40. The van der Waals surface area contributed by atoms with Crippen molar-refractivity contribution in [3.8, 4) is 5.75 Å².